The van der Waals surface area contributed by atoms with E-state index in [0.29, 0.717) is 6.61 Å². The summed E-state index contributed by atoms with van der Waals surface area (Å²) in [6.07, 6.45) is 6.39. The van der Waals surface area contributed by atoms with Crippen molar-refractivity contribution in [2.24, 2.45) is 0 Å². The van der Waals surface area contributed by atoms with Crippen molar-refractivity contribution >= 4 is 0 Å². The van der Waals surface area contributed by atoms with Crippen LogP contribution in [-0.2, 0) is 21.1 Å². The summed E-state index contributed by atoms with van der Waals surface area (Å²) >= 11 is 1.45. The molecule has 0 aliphatic heterocycles. The van der Waals surface area contributed by atoms with Gasteiger partial charge < -0.3 is 0 Å². The summed E-state index contributed by atoms with van der Waals surface area (Å²) in [6, 6.07) is 0. The summed E-state index contributed by atoms with van der Waals surface area (Å²) in [6.45, 7) is 2.61. The number of unbranched alkanes of at least 4 members (excludes halogenated alkanes) is 2. The second-order valence-electron chi connectivity index (χ2n) is 2.66. The van der Waals surface area contributed by atoms with Gasteiger partial charge in [0.25, 0.3) is 0 Å². The van der Waals surface area contributed by atoms with Crippen molar-refractivity contribution < 1.29 is 26.2 Å². The van der Waals surface area contributed by atoms with Gasteiger partial charge in [-0.25, -0.2) is 0 Å². The van der Waals surface area contributed by atoms with Gasteiger partial charge in [0.05, 0.1) is 0 Å². The van der Waals surface area contributed by atoms with Gasteiger partial charge in [-0.15, -0.1) is 0 Å². The Morgan fingerprint density at radius 2 is 2.00 bits per heavy atom. The van der Waals surface area contributed by atoms with E-state index in [0.717, 1.165) is 10.6 Å². The molecule has 1 unspecified atom stereocenters. The molecule has 0 amide bonds. The number of rotatable bonds is 6. The summed E-state index contributed by atoms with van der Waals surface area (Å²) in [5, 5.41) is 8.61. The summed E-state index contributed by atoms with van der Waals surface area (Å²) < 4.78 is 0.830. The zero-order chi connectivity index (χ0) is 7.82. The molecule has 0 aliphatic carbocycles. The van der Waals surface area contributed by atoms with Crippen molar-refractivity contribution in [2.75, 3.05) is 6.61 Å². The maximum atomic E-state index is 8.61. The first kappa shape index (κ1) is 10.7. The third-order valence-corrected chi connectivity index (χ3v) is 3.46. The Hall–Kier alpha value is 0.700. The van der Waals surface area contributed by atoms with Crippen molar-refractivity contribution in [3.05, 3.63) is 0 Å². The summed E-state index contributed by atoms with van der Waals surface area (Å²) in [5.74, 6) is 0. The predicted molar refractivity (Wildman–Crippen MR) is 39.6 cm³/mol. The molecule has 0 rings (SSSR count). The number of hydrogen-bond acceptors (Lipinski definition) is 1. The fourth-order valence-electron chi connectivity index (χ4n) is 0.923. The first-order valence-corrected chi connectivity index (χ1v) is 5.95. The Kier molecular flexibility index (Phi) is 8.35. The predicted octanol–water partition coefficient (Wildman–Crippen LogP) is 2.28. The van der Waals surface area contributed by atoms with Gasteiger partial charge >= 0.3 is 75.9 Å². The molecular formula is C8H17OTa. The molecule has 0 heterocycles. The van der Waals surface area contributed by atoms with Crippen LogP contribution in [0.15, 0.2) is 0 Å². The molecule has 1 N–H and O–H groups in total. The molecule has 1 atom stereocenters. The molecule has 0 aromatic carbocycles. The zero-order valence-electron chi connectivity index (χ0n) is 6.71. The van der Waals surface area contributed by atoms with E-state index in [4.69, 9.17) is 5.11 Å². The molecule has 0 radical (unpaired) electrons. The van der Waals surface area contributed by atoms with Gasteiger partial charge in [0.2, 0.25) is 0 Å². The van der Waals surface area contributed by atoms with Crippen LogP contribution < -0.4 is 0 Å². The minimum atomic E-state index is 0.382. The van der Waals surface area contributed by atoms with Crippen LogP contribution in [0.5, 0.6) is 0 Å². The number of aliphatic hydroxyl groups is 1. The van der Waals surface area contributed by atoms with Crippen LogP contribution in [0.2, 0.25) is 4.14 Å². The van der Waals surface area contributed by atoms with Gasteiger partial charge in [-0.05, 0) is 0 Å². The maximum absolute atomic E-state index is 8.61. The van der Waals surface area contributed by atoms with Gasteiger partial charge in [-0.1, -0.05) is 0 Å². The SMILES string of the molecule is CCCCC[CH]([Ta])CCO. The second-order valence-corrected chi connectivity index (χ2v) is 5.29. The fraction of sp³-hybridized carbons (Fsp3) is 1.00. The molecule has 1 nitrogen and oxygen atoms in total. The van der Waals surface area contributed by atoms with Crippen LogP contribution in [0.4, 0.5) is 0 Å². The molecule has 0 bridgehead atoms. The van der Waals surface area contributed by atoms with E-state index in [2.05, 4.69) is 6.92 Å². The van der Waals surface area contributed by atoms with E-state index < -0.39 is 0 Å². The molecule has 2 heteroatoms. The molecule has 60 valence electrons. The molecular weight excluding hydrogens is 293 g/mol. The van der Waals surface area contributed by atoms with Crippen molar-refractivity contribution in [2.45, 2.75) is 43.2 Å². The van der Waals surface area contributed by atoms with Crippen LogP contribution >= 0.6 is 0 Å². The van der Waals surface area contributed by atoms with E-state index in [1.807, 2.05) is 0 Å². The van der Waals surface area contributed by atoms with Crippen molar-refractivity contribution in [1.29, 1.82) is 0 Å². The molecule has 10 heavy (non-hydrogen) atoms. The molecule has 0 saturated carbocycles. The summed E-state index contributed by atoms with van der Waals surface area (Å²) in [7, 11) is 0. The topological polar surface area (TPSA) is 20.2 Å². The normalized spacial score (nSPS) is 13.4. The third-order valence-electron chi connectivity index (χ3n) is 1.60. The molecule has 0 aromatic rings. The van der Waals surface area contributed by atoms with Crippen molar-refractivity contribution in [1.82, 2.24) is 0 Å². The van der Waals surface area contributed by atoms with E-state index in [1.165, 1.54) is 46.8 Å². The quantitative estimate of drug-likeness (QED) is 0.746. The van der Waals surface area contributed by atoms with Gasteiger partial charge in [0, 0.05) is 0 Å². The van der Waals surface area contributed by atoms with E-state index in [-0.39, 0.29) is 0 Å². The second kappa shape index (κ2) is 7.80. The first-order chi connectivity index (χ1) is 4.81. The van der Waals surface area contributed by atoms with Crippen LogP contribution in [0.3, 0.4) is 0 Å². The van der Waals surface area contributed by atoms with Gasteiger partial charge in [-0.2, -0.15) is 0 Å². The van der Waals surface area contributed by atoms with Gasteiger partial charge in [0.1, 0.15) is 0 Å². The Labute approximate surface area is 76.1 Å². The summed E-state index contributed by atoms with van der Waals surface area (Å²) in [5.41, 5.74) is 0. The summed E-state index contributed by atoms with van der Waals surface area (Å²) in [4.78, 5) is 0. The van der Waals surface area contributed by atoms with Crippen LogP contribution in [0.1, 0.15) is 39.0 Å². The molecule has 0 fully saturated rings. The average Bonchev–Trinajstić information content (AvgIpc) is 1.89. The monoisotopic (exact) mass is 310 g/mol. The molecule has 0 aromatic heterocycles. The Morgan fingerprint density at radius 3 is 2.50 bits per heavy atom. The van der Waals surface area contributed by atoms with E-state index in [1.54, 1.807) is 0 Å². The Morgan fingerprint density at radius 1 is 1.30 bits per heavy atom. The Bertz CT molecular complexity index is 66.3. The first-order valence-electron chi connectivity index (χ1n) is 4.10. The van der Waals surface area contributed by atoms with Crippen molar-refractivity contribution in [3.63, 3.8) is 0 Å². The zero-order valence-corrected chi connectivity index (χ0v) is 9.93. The number of hydrogen-bond donors (Lipinski definition) is 1. The molecule has 0 saturated heterocycles. The Balaban J connectivity index is 2.97. The number of aliphatic hydroxyl groups excluding tert-OH is 1. The standard InChI is InChI=1S/C8H17O.Ta/c1-2-3-4-5-6-7-8-9;/h6,9H,2-5,7-8H2,1H3;. The van der Waals surface area contributed by atoms with Gasteiger partial charge in [0.15, 0.2) is 0 Å². The minimum absolute atomic E-state index is 0.382. The van der Waals surface area contributed by atoms with Crippen molar-refractivity contribution in [3.8, 4) is 0 Å². The van der Waals surface area contributed by atoms with Crippen LogP contribution in [0.25, 0.3) is 0 Å². The van der Waals surface area contributed by atoms with E-state index >= 15 is 0 Å². The van der Waals surface area contributed by atoms with Gasteiger partial charge in [-0.3, -0.25) is 0 Å². The average molecular weight is 310 g/mol. The van der Waals surface area contributed by atoms with E-state index in [9.17, 15) is 0 Å². The third kappa shape index (κ3) is 6.82. The molecule has 0 aliphatic rings. The van der Waals surface area contributed by atoms with Crippen LogP contribution in [0, 0.1) is 0 Å². The van der Waals surface area contributed by atoms with Crippen LogP contribution in [-0.4, -0.2) is 11.7 Å². The fourth-order valence-corrected chi connectivity index (χ4v) is 1.99. The molecule has 0 spiro atoms.